The van der Waals surface area contributed by atoms with Crippen LogP contribution in [0.2, 0.25) is 0 Å². The lowest BCUT2D eigenvalue weighted by atomic mass is 9.99. The first-order valence-electron chi connectivity index (χ1n) is 16.2. The van der Waals surface area contributed by atoms with Gasteiger partial charge in [-0.1, -0.05) is 109 Å². The molecule has 49 heavy (non-hydrogen) atoms. The van der Waals surface area contributed by atoms with E-state index in [1.54, 1.807) is 6.08 Å². The van der Waals surface area contributed by atoms with Crippen LogP contribution in [0.3, 0.4) is 0 Å². The van der Waals surface area contributed by atoms with E-state index in [-0.39, 0.29) is 19.4 Å². The van der Waals surface area contributed by atoms with Crippen LogP contribution in [-0.2, 0) is 38.6 Å². The van der Waals surface area contributed by atoms with Crippen LogP contribution < -0.4 is 21.7 Å². The lowest BCUT2D eigenvalue weighted by Gasteiger charge is -2.31. The van der Waals surface area contributed by atoms with Gasteiger partial charge in [0.2, 0.25) is 17.7 Å². The Balaban J connectivity index is 1.56. The van der Waals surface area contributed by atoms with E-state index in [0.29, 0.717) is 6.42 Å². The number of benzene rings is 4. The summed E-state index contributed by atoms with van der Waals surface area (Å²) in [6.45, 7) is 3.87. The minimum atomic E-state index is -1.11. The van der Waals surface area contributed by atoms with Crippen LogP contribution in [0, 0.1) is 5.41 Å². The Bertz CT molecular complexity index is 1800. The van der Waals surface area contributed by atoms with Crippen molar-refractivity contribution in [1.29, 1.82) is 5.41 Å². The Morgan fingerprint density at radius 1 is 0.816 bits per heavy atom. The number of hydrogen-bond acceptors (Lipinski definition) is 6. The van der Waals surface area contributed by atoms with E-state index >= 15 is 0 Å². The maximum atomic E-state index is 14.2. The first kappa shape index (κ1) is 36.2. The highest BCUT2D eigenvalue weighted by molar-refractivity contribution is 6.39. The van der Waals surface area contributed by atoms with Gasteiger partial charge in [-0.3, -0.25) is 24.6 Å². The summed E-state index contributed by atoms with van der Waals surface area (Å²) in [5, 5.41) is 18.2. The molecule has 6 N–H and O–H groups in total. The molecule has 0 fully saturated rings. The lowest BCUT2D eigenvalue weighted by Crippen LogP contribution is -2.57. The van der Waals surface area contributed by atoms with Gasteiger partial charge in [0.25, 0.3) is 5.91 Å². The van der Waals surface area contributed by atoms with Crippen molar-refractivity contribution in [3.63, 3.8) is 0 Å². The molecule has 254 valence electrons. The molecule has 0 spiro atoms. The standard InChI is InChI=1S/C39H44N6O4/c1-39(2,41)22-12-19-34(46)43-32(24-29-20-21-30-17-10-11-18-31(30)23-29)38(49)45(3)33(25-27-13-6-4-7-14-27)36(47)44-35(40)37(48)42-26-28-15-8-5-9-16-28/h4-21,23,32-33H,22,24-26,41H2,1-3H3,(H,42,48)(H,43,46)(H2,40,44,47)/b19-12+. The van der Waals surface area contributed by atoms with Gasteiger partial charge in [0.05, 0.1) is 0 Å². The molecule has 10 nitrogen and oxygen atoms in total. The van der Waals surface area contributed by atoms with Crippen LogP contribution in [0.1, 0.15) is 37.0 Å². The van der Waals surface area contributed by atoms with Crippen molar-refractivity contribution in [3.05, 3.63) is 132 Å². The number of hydrogen-bond donors (Lipinski definition) is 5. The summed E-state index contributed by atoms with van der Waals surface area (Å²) in [4.78, 5) is 55.1. The zero-order valence-corrected chi connectivity index (χ0v) is 28.1. The lowest BCUT2D eigenvalue weighted by molar-refractivity contribution is -0.141. The molecule has 0 saturated heterocycles. The van der Waals surface area contributed by atoms with E-state index in [9.17, 15) is 19.2 Å². The molecule has 0 aliphatic carbocycles. The average Bonchev–Trinajstić information content (AvgIpc) is 3.08. The maximum absolute atomic E-state index is 14.2. The van der Waals surface area contributed by atoms with E-state index in [4.69, 9.17) is 11.1 Å². The molecular formula is C39H44N6O4. The third-order valence-electron chi connectivity index (χ3n) is 7.94. The molecule has 4 aromatic rings. The largest absolute Gasteiger partial charge is 0.345 e. The molecule has 0 saturated carbocycles. The minimum Gasteiger partial charge on any atom is -0.345 e. The molecule has 0 radical (unpaired) electrons. The van der Waals surface area contributed by atoms with Crippen LogP contribution in [0.25, 0.3) is 10.8 Å². The number of amidine groups is 1. The molecule has 0 aliphatic heterocycles. The van der Waals surface area contributed by atoms with E-state index in [1.807, 2.05) is 117 Å². The van der Waals surface area contributed by atoms with Gasteiger partial charge in [0.15, 0.2) is 5.84 Å². The second kappa shape index (κ2) is 17.0. The van der Waals surface area contributed by atoms with Gasteiger partial charge < -0.3 is 26.6 Å². The van der Waals surface area contributed by atoms with Gasteiger partial charge in [0, 0.05) is 32.0 Å². The molecule has 0 heterocycles. The molecule has 0 bridgehead atoms. The summed E-state index contributed by atoms with van der Waals surface area (Å²) in [5.41, 5.74) is 7.97. The van der Waals surface area contributed by atoms with Crippen molar-refractivity contribution in [3.8, 4) is 0 Å². The molecule has 2 atom stereocenters. The third kappa shape index (κ3) is 11.3. The average molecular weight is 661 g/mol. The van der Waals surface area contributed by atoms with Gasteiger partial charge >= 0.3 is 0 Å². The van der Waals surface area contributed by atoms with E-state index < -0.39 is 47.1 Å². The van der Waals surface area contributed by atoms with Crippen molar-refractivity contribution in [2.75, 3.05) is 7.05 Å². The number of likely N-dealkylation sites (N-methyl/N-ethyl adjacent to an activating group) is 1. The van der Waals surface area contributed by atoms with Crippen LogP contribution in [0.5, 0.6) is 0 Å². The zero-order chi connectivity index (χ0) is 35.4. The number of nitrogens with zero attached hydrogens (tertiary/aromatic N) is 1. The SMILES string of the molecule is CN(C(=O)C(Cc1ccc2ccccc2c1)NC(=O)/C=C/CC(C)(C)N)C(Cc1ccccc1)C(=O)NC(=N)C(=O)NCc1ccccc1. The second-order valence-corrected chi connectivity index (χ2v) is 12.7. The second-order valence-electron chi connectivity index (χ2n) is 12.7. The zero-order valence-electron chi connectivity index (χ0n) is 28.1. The molecule has 0 aliphatic rings. The smallest absolute Gasteiger partial charge is 0.286 e. The number of carbonyl (C=O) groups is 4. The first-order valence-corrected chi connectivity index (χ1v) is 16.2. The third-order valence-corrected chi connectivity index (χ3v) is 7.94. The molecule has 4 amide bonds. The molecule has 2 unspecified atom stereocenters. The predicted molar refractivity (Wildman–Crippen MR) is 192 cm³/mol. The summed E-state index contributed by atoms with van der Waals surface area (Å²) in [6.07, 6.45) is 3.74. The molecular weight excluding hydrogens is 616 g/mol. The number of nitrogens with two attached hydrogens (primary N) is 1. The molecule has 0 aromatic heterocycles. The fourth-order valence-corrected chi connectivity index (χ4v) is 5.26. The summed E-state index contributed by atoms with van der Waals surface area (Å²) in [6, 6.07) is 29.9. The van der Waals surface area contributed by atoms with Crippen LogP contribution in [0.4, 0.5) is 0 Å². The highest BCUT2D eigenvalue weighted by Crippen LogP contribution is 2.18. The topological polar surface area (TPSA) is 157 Å². The van der Waals surface area contributed by atoms with Crippen molar-refractivity contribution in [2.45, 2.75) is 57.3 Å². The van der Waals surface area contributed by atoms with E-state index in [2.05, 4.69) is 16.0 Å². The Labute approximate surface area is 287 Å². The molecule has 10 heteroatoms. The number of carbonyl (C=O) groups excluding carboxylic acids is 4. The van der Waals surface area contributed by atoms with Crippen molar-refractivity contribution in [1.82, 2.24) is 20.9 Å². The normalized spacial score (nSPS) is 12.6. The van der Waals surface area contributed by atoms with Gasteiger partial charge in [-0.25, -0.2) is 0 Å². The summed E-state index contributed by atoms with van der Waals surface area (Å²) >= 11 is 0. The summed E-state index contributed by atoms with van der Waals surface area (Å²) in [5.74, 6) is -3.10. The van der Waals surface area contributed by atoms with Gasteiger partial charge in [-0.15, -0.1) is 0 Å². The van der Waals surface area contributed by atoms with Gasteiger partial charge in [0.1, 0.15) is 12.1 Å². The number of amides is 4. The molecule has 4 rings (SSSR count). The monoisotopic (exact) mass is 660 g/mol. The Kier molecular flexibility index (Phi) is 12.6. The molecule has 4 aromatic carbocycles. The van der Waals surface area contributed by atoms with Crippen molar-refractivity contribution >= 4 is 40.2 Å². The fraction of sp³-hybridized carbons (Fsp3) is 0.256. The Morgan fingerprint density at radius 2 is 1.43 bits per heavy atom. The van der Waals surface area contributed by atoms with Crippen molar-refractivity contribution in [2.24, 2.45) is 5.73 Å². The van der Waals surface area contributed by atoms with Gasteiger partial charge in [-0.2, -0.15) is 0 Å². The van der Waals surface area contributed by atoms with E-state index in [1.165, 1.54) is 18.0 Å². The van der Waals surface area contributed by atoms with Crippen molar-refractivity contribution < 1.29 is 19.2 Å². The number of rotatable bonds is 13. The Hall–Kier alpha value is -5.61. The summed E-state index contributed by atoms with van der Waals surface area (Å²) < 4.78 is 0. The van der Waals surface area contributed by atoms with Crippen LogP contribution in [0.15, 0.2) is 115 Å². The number of nitrogens with one attached hydrogen (secondary N) is 4. The summed E-state index contributed by atoms with van der Waals surface area (Å²) in [7, 11) is 1.49. The number of fused-ring (bicyclic) bond motifs is 1. The fourth-order valence-electron chi connectivity index (χ4n) is 5.26. The maximum Gasteiger partial charge on any atom is 0.286 e. The van der Waals surface area contributed by atoms with Crippen LogP contribution in [-0.4, -0.2) is 59.0 Å². The van der Waals surface area contributed by atoms with Crippen LogP contribution >= 0.6 is 0 Å². The quantitative estimate of drug-likeness (QED) is 0.0832. The minimum absolute atomic E-state index is 0.107. The van der Waals surface area contributed by atoms with Gasteiger partial charge in [-0.05, 0) is 53.8 Å². The predicted octanol–water partition coefficient (Wildman–Crippen LogP) is 4.03. The Morgan fingerprint density at radius 3 is 2.08 bits per heavy atom. The highest BCUT2D eigenvalue weighted by Gasteiger charge is 2.33. The first-order chi connectivity index (χ1) is 23.4. The highest BCUT2D eigenvalue weighted by atomic mass is 16.2. The van der Waals surface area contributed by atoms with E-state index in [0.717, 1.165) is 27.5 Å².